The smallest absolute Gasteiger partial charge is 0.225 e. The van der Waals surface area contributed by atoms with Gasteiger partial charge in [-0.25, -0.2) is 0 Å². The normalized spacial score (nSPS) is 25.2. The number of hydrogen-bond donors (Lipinski definition) is 1. The largest absolute Gasteiger partial charge is 0.352 e. The van der Waals surface area contributed by atoms with E-state index in [1.807, 2.05) is 5.38 Å². The maximum atomic E-state index is 12.6. The molecule has 0 radical (unpaired) electrons. The minimum atomic E-state index is 0.105. The summed E-state index contributed by atoms with van der Waals surface area (Å²) in [5, 5.41) is 7.24. The van der Waals surface area contributed by atoms with Crippen LogP contribution in [0.25, 0.3) is 0 Å². The standard InChI is InChI=1S/C20H29N3O2S/c24-19(21-12-15-7-11-26-14-15)17-2-1-8-23(13-17)18-5-9-22(10-6-18)20(25)16-3-4-16/h7,11,14,16-18H,1-6,8-10,12-13H2,(H,21,24). The van der Waals surface area contributed by atoms with E-state index in [0.717, 1.165) is 64.7 Å². The number of likely N-dealkylation sites (tertiary alicyclic amines) is 2. The summed E-state index contributed by atoms with van der Waals surface area (Å²) in [5.41, 5.74) is 1.18. The minimum absolute atomic E-state index is 0.105. The third-order valence-electron chi connectivity index (χ3n) is 6.09. The van der Waals surface area contributed by atoms with Crippen LogP contribution >= 0.6 is 11.3 Å². The molecule has 2 saturated heterocycles. The molecule has 3 fully saturated rings. The predicted molar refractivity (Wildman–Crippen MR) is 103 cm³/mol. The van der Waals surface area contributed by atoms with Gasteiger partial charge in [0.05, 0.1) is 5.92 Å². The molecule has 26 heavy (non-hydrogen) atoms. The lowest BCUT2D eigenvalue weighted by atomic mass is 9.93. The van der Waals surface area contributed by atoms with Crippen LogP contribution in [0.2, 0.25) is 0 Å². The summed E-state index contributed by atoms with van der Waals surface area (Å²) in [7, 11) is 0. The van der Waals surface area contributed by atoms with Gasteiger partial charge in [-0.1, -0.05) is 0 Å². The van der Waals surface area contributed by atoms with Gasteiger partial charge in [0, 0.05) is 38.1 Å². The average molecular weight is 376 g/mol. The number of hydrogen-bond acceptors (Lipinski definition) is 4. The van der Waals surface area contributed by atoms with E-state index in [1.165, 1.54) is 5.56 Å². The Hall–Kier alpha value is -1.40. The highest BCUT2D eigenvalue weighted by Crippen LogP contribution is 2.32. The van der Waals surface area contributed by atoms with Gasteiger partial charge in [-0.05, 0) is 67.5 Å². The van der Waals surface area contributed by atoms with E-state index < -0.39 is 0 Å². The summed E-state index contributed by atoms with van der Waals surface area (Å²) in [5.74, 6) is 1.02. The van der Waals surface area contributed by atoms with Gasteiger partial charge >= 0.3 is 0 Å². The number of nitrogens with zero attached hydrogens (tertiary/aromatic N) is 2. The summed E-state index contributed by atoms with van der Waals surface area (Å²) in [6.07, 6.45) is 6.38. The van der Waals surface area contributed by atoms with Gasteiger partial charge in [0.2, 0.25) is 11.8 Å². The first-order valence-electron chi connectivity index (χ1n) is 10.0. The van der Waals surface area contributed by atoms with Crippen molar-refractivity contribution in [2.24, 2.45) is 11.8 Å². The van der Waals surface area contributed by atoms with Crippen LogP contribution in [-0.2, 0) is 16.1 Å². The number of piperidine rings is 2. The number of nitrogens with one attached hydrogen (secondary N) is 1. The Morgan fingerprint density at radius 3 is 2.58 bits per heavy atom. The quantitative estimate of drug-likeness (QED) is 0.860. The van der Waals surface area contributed by atoms with Crippen molar-refractivity contribution in [1.82, 2.24) is 15.1 Å². The fourth-order valence-corrected chi connectivity index (χ4v) is 4.99. The van der Waals surface area contributed by atoms with Crippen LogP contribution in [-0.4, -0.2) is 53.8 Å². The zero-order valence-electron chi connectivity index (χ0n) is 15.4. The third-order valence-corrected chi connectivity index (χ3v) is 6.82. The van der Waals surface area contributed by atoms with E-state index in [0.29, 0.717) is 24.4 Å². The minimum Gasteiger partial charge on any atom is -0.352 e. The SMILES string of the molecule is O=C(NCc1ccsc1)C1CCCN(C2CCN(C(=O)C3CC3)CC2)C1. The van der Waals surface area contributed by atoms with Crippen molar-refractivity contribution in [2.75, 3.05) is 26.2 Å². The molecule has 1 aromatic heterocycles. The Morgan fingerprint density at radius 2 is 1.88 bits per heavy atom. The molecule has 1 aliphatic carbocycles. The van der Waals surface area contributed by atoms with E-state index in [-0.39, 0.29) is 11.8 Å². The lowest BCUT2D eigenvalue weighted by Crippen LogP contribution is -2.51. The molecule has 0 aromatic carbocycles. The summed E-state index contributed by atoms with van der Waals surface area (Å²) in [4.78, 5) is 29.4. The van der Waals surface area contributed by atoms with E-state index >= 15 is 0 Å². The molecule has 1 atom stereocenters. The van der Waals surface area contributed by atoms with Crippen LogP contribution < -0.4 is 5.32 Å². The van der Waals surface area contributed by atoms with Gasteiger partial charge in [0.1, 0.15) is 0 Å². The summed E-state index contributed by atoms with van der Waals surface area (Å²) >= 11 is 1.67. The summed E-state index contributed by atoms with van der Waals surface area (Å²) < 4.78 is 0. The average Bonchev–Trinajstić information content (AvgIpc) is 3.41. The first-order valence-corrected chi connectivity index (χ1v) is 11.0. The Morgan fingerprint density at radius 1 is 1.08 bits per heavy atom. The molecule has 3 aliphatic rings. The van der Waals surface area contributed by atoms with Crippen LogP contribution in [0.4, 0.5) is 0 Å². The maximum Gasteiger partial charge on any atom is 0.225 e. The van der Waals surface area contributed by atoms with Gasteiger partial charge < -0.3 is 10.2 Å². The zero-order chi connectivity index (χ0) is 17.9. The Kier molecular flexibility index (Phi) is 5.60. The highest BCUT2D eigenvalue weighted by molar-refractivity contribution is 7.07. The first-order chi connectivity index (χ1) is 12.7. The van der Waals surface area contributed by atoms with Crippen molar-refractivity contribution in [3.63, 3.8) is 0 Å². The number of carbonyl (C=O) groups excluding carboxylic acids is 2. The molecular weight excluding hydrogens is 346 g/mol. The second-order valence-electron chi connectivity index (χ2n) is 8.01. The molecule has 2 amide bonds. The molecule has 1 unspecified atom stereocenters. The molecular formula is C20H29N3O2S. The van der Waals surface area contributed by atoms with Crippen molar-refractivity contribution in [1.29, 1.82) is 0 Å². The lowest BCUT2D eigenvalue weighted by molar-refractivity contribution is -0.134. The maximum absolute atomic E-state index is 12.6. The molecule has 1 N–H and O–H groups in total. The number of rotatable bonds is 5. The van der Waals surface area contributed by atoms with Crippen molar-refractivity contribution < 1.29 is 9.59 Å². The van der Waals surface area contributed by atoms with Crippen molar-refractivity contribution in [3.05, 3.63) is 22.4 Å². The topological polar surface area (TPSA) is 52.7 Å². The molecule has 1 saturated carbocycles. The van der Waals surface area contributed by atoms with E-state index in [4.69, 9.17) is 0 Å². The monoisotopic (exact) mass is 375 g/mol. The summed E-state index contributed by atoms with van der Waals surface area (Å²) in [6, 6.07) is 2.60. The number of thiophene rings is 1. The summed E-state index contributed by atoms with van der Waals surface area (Å²) in [6.45, 7) is 4.39. The Labute approximate surface area is 159 Å². The van der Waals surface area contributed by atoms with Crippen LogP contribution in [0.3, 0.4) is 0 Å². The third kappa shape index (κ3) is 4.29. The highest BCUT2D eigenvalue weighted by Gasteiger charge is 2.37. The molecule has 1 aromatic rings. The second-order valence-corrected chi connectivity index (χ2v) is 8.79. The lowest BCUT2D eigenvalue weighted by Gasteiger charge is -2.42. The van der Waals surface area contributed by atoms with Crippen LogP contribution in [0.1, 0.15) is 44.1 Å². The van der Waals surface area contributed by atoms with E-state index in [1.54, 1.807) is 11.3 Å². The zero-order valence-corrected chi connectivity index (χ0v) is 16.2. The van der Waals surface area contributed by atoms with Gasteiger partial charge in [0.15, 0.2) is 0 Å². The van der Waals surface area contributed by atoms with Gasteiger partial charge in [-0.2, -0.15) is 11.3 Å². The van der Waals surface area contributed by atoms with Crippen LogP contribution in [0.5, 0.6) is 0 Å². The molecule has 2 aliphatic heterocycles. The van der Waals surface area contributed by atoms with Gasteiger partial charge in [-0.15, -0.1) is 0 Å². The second kappa shape index (κ2) is 8.09. The van der Waals surface area contributed by atoms with Crippen molar-refractivity contribution in [2.45, 2.75) is 51.1 Å². The van der Waals surface area contributed by atoms with Gasteiger partial charge in [0.25, 0.3) is 0 Å². The Balaban J connectivity index is 1.24. The number of carbonyl (C=O) groups is 2. The molecule has 142 valence electrons. The highest BCUT2D eigenvalue weighted by atomic mass is 32.1. The Bertz CT molecular complexity index is 621. The van der Waals surface area contributed by atoms with Crippen LogP contribution in [0, 0.1) is 11.8 Å². The van der Waals surface area contributed by atoms with Gasteiger partial charge in [-0.3, -0.25) is 14.5 Å². The molecule has 0 spiro atoms. The fraction of sp³-hybridized carbons (Fsp3) is 0.700. The predicted octanol–water partition coefficient (Wildman–Crippen LogP) is 2.48. The molecule has 3 heterocycles. The van der Waals surface area contributed by atoms with E-state index in [9.17, 15) is 9.59 Å². The van der Waals surface area contributed by atoms with Crippen molar-refractivity contribution in [3.8, 4) is 0 Å². The molecule has 4 rings (SSSR count). The van der Waals surface area contributed by atoms with Crippen LogP contribution in [0.15, 0.2) is 16.8 Å². The number of amides is 2. The molecule has 0 bridgehead atoms. The fourth-order valence-electron chi connectivity index (χ4n) is 4.32. The molecule has 6 heteroatoms. The van der Waals surface area contributed by atoms with Crippen molar-refractivity contribution >= 4 is 23.2 Å². The van der Waals surface area contributed by atoms with E-state index in [2.05, 4.69) is 26.6 Å². The molecule has 5 nitrogen and oxygen atoms in total. The first kappa shape index (κ1) is 18.0.